The number of carbonyl (C=O) groups is 2. The normalized spacial score (nSPS) is 19.1. The van der Waals surface area contributed by atoms with Gasteiger partial charge < -0.3 is 16.0 Å². The summed E-state index contributed by atoms with van der Waals surface area (Å²) < 4.78 is 0.877. The lowest BCUT2D eigenvalue weighted by Crippen LogP contribution is -2.55. The van der Waals surface area contributed by atoms with Crippen LogP contribution in [-0.2, 0) is 4.79 Å². The maximum absolute atomic E-state index is 12.5. The monoisotopic (exact) mass is 290 g/mol. The molecule has 7 heteroatoms. The van der Waals surface area contributed by atoms with Gasteiger partial charge in [0.1, 0.15) is 6.04 Å². The third-order valence-corrected chi connectivity index (χ3v) is 4.26. The molecule has 1 saturated heterocycles. The third-order valence-electron chi connectivity index (χ3n) is 3.41. The highest BCUT2D eigenvalue weighted by Gasteiger charge is 2.29. The average Bonchev–Trinajstić information content (AvgIpc) is 2.80. The van der Waals surface area contributed by atoms with Crippen molar-refractivity contribution < 1.29 is 9.59 Å². The fourth-order valence-electron chi connectivity index (χ4n) is 2.30. The van der Waals surface area contributed by atoms with Gasteiger partial charge in [0.2, 0.25) is 5.91 Å². The molecule has 1 fully saturated rings. The first kappa shape index (κ1) is 12.9. The number of anilines is 1. The molecule has 0 saturated carbocycles. The zero-order valence-corrected chi connectivity index (χ0v) is 11.7. The number of thiazole rings is 1. The quantitative estimate of drug-likeness (QED) is 0.814. The van der Waals surface area contributed by atoms with Crippen LogP contribution >= 0.6 is 11.3 Å². The van der Waals surface area contributed by atoms with E-state index in [1.54, 1.807) is 30.0 Å². The number of piperazine rings is 1. The van der Waals surface area contributed by atoms with Crippen molar-refractivity contribution in [3.05, 3.63) is 23.8 Å². The number of rotatable bonds is 1. The topological polar surface area (TPSA) is 88.3 Å². The molecular weight excluding hydrogens is 276 g/mol. The van der Waals surface area contributed by atoms with Crippen LogP contribution in [0.25, 0.3) is 10.2 Å². The molecule has 2 aromatic rings. The molecule has 2 amide bonds. The Bertz CT molecular complexity index is 697. The number of aromatic nitrogens is 1. The summed E-state index contributed by atoms with van der Waals surface area (Å²) in [5, 5.41) is 3.23. The lowest BCUT2D eigenvalue weighted by Gasteiger charge is -2.32. The van der Waals surface area contributed by atoms with Gasteiger partial charge in [0, 0.05) is 18.7 Å². The molecule has 1 unspecified atom stereocenters. The van der Waals surface area contributed by atoms with Gasteiger partial charge >= 0.3 is 0 Å². The zero-order valence-electron chi connectivity index (χ0n) is 10.9. The summed E-state index contributed by atoms with van der Waals surface area (Å²) in [5.41, 5.74) is 7.00. The van der Waals surface area contributed by atoms with Crippen LogP contribution in [0, 0.1) is 0 Å². The predicted molar refractivity (Wildman–Crippen MR) is 77.5 cm³/mol. The van der Waals surface area contributed by atoms with E-state index in [2.05, 4.69) is 10.3 Å². The van der Waals surface area contributed by atoms with Crippen molar-refractivity contribution in [1.29, 1.82) is 0 Å². The second-order valence-electron chi connectivity index (χ2n) is 4.70. The molecule has 3 rings (SSSR count). The highest BCUT2D eigenvalue weighted by molar-refractivity contribution is 7.22. The SMILES string of the molecule is CC1C(=O)NCCN1C(=O)c1ccc2nc(N)sc2c1. The summed E-state index contributed by atoms with van der Waals surface area (Å²) in [4.78, 5) is 29.9. The highest BCUT2D eigenvalue weighted by Crippen LogP contribution is 2.25. The molecule has 0 aliphatic carbocycles. The van der Waals surface area contributed by atoms with Gasteiger partial charge in [0.25, 0.3) is 5.91 Å². The zero-order chi connectivity index (χ0) is 14.3. The van der Waals surface area contributed by atoms with Gasteiger partial charge in [0.15, 0.2) is 5.13 Å². The standard InChI is InChI=1S/C13H14N4O2S/c1-7-11(18)15-4-5-17(7)12(19)8-2-3-9-10(6-8)20-13(14)16-9/h2-3,6-7H,4-5H2,1H3,(H2,14,16)(H,15,18). The number of carbonyl (C=O) groups excluding carboxylic acids is 2. The fourth-order valence-corrected chi connectivity index (χ4v) is 3.07. The van der Waals surface area contributed by atoms with E-state index in [-0.39, 0.29) is 11.8 Å². The van der Waals surface area contributed by atoms with E-state index < -0.39 is 6.04 Å². The molecule has 20 heavy (non-hydrogen) atoms. The number of nitrogens with one attached hydrogen (secondary N) is 1. The van der Waals surface area contributed by atoms with E-state index in [0.717, 1.165) is 10.2 Å². The molecule has 1 aliphatic heterocycles. The molecule has 1 aromatic carbocycles. The molecule has 1 aliphatic rings. The molecule has 1 aromatic heterocycles. The molecular formula is C13H14N4O2S. The van der Waals surface area contributed by atoms with Crippen LogP contribution < -0.4 is 11.1 Å². The summed E-state index contributed by atoms with van der Waals surface area (Å²) in [6, 6.07) is 4.84. The number of amides is 2. The van der Waals surface area contributed by atoms with E-state index in [9.17, 15) is 9.59 Å². The van der Waals surface area contributed by atoms with Crippen molar-refractivity contribution in [3.63, 3.8) is 0 Å². The van der Waals surface area contributed by atoms with Gasteiger partial charge in [0.05, 0.1) is 10.2 Å². The summed E-state index contributed by atoms with van der Waals surface area (Å²) in [5.74, 6) is -0.256. The Kier molecular flexibility index (Phi) is 3.06. The van der Waals surface area contributed by atoms with E-state index in [1.165, 1.54) is 11.3 Å². The van der Waals surface area contributed by atoms with E-state index in [0.29, 0.717) is 23.8 Å². The Labute approximate surface area is 119 Å². The van der Waals surface area contributed by atoms with Gasteiger partial charge in [-0.1, -0.05) is 11.3 Å². The average molecular weight is 290 g/mol. The van der Waals surface area contributed by atoms with Crippen LogP contribution in [0.2, 0.25) is 0 Å². The molecule has 0 radical (unpaired) electrons. The number of nitrogen functional groups attached to an aromatic ring is 1. The van der Waals surface area contributed by atoms with E-state index >= 15 is 0 Å². The third kappa shape index (κ3) is 2.09. The molecule has 104 valence electrons. The van der Waals surface area contributed by atoms with Gasteiger partial charge in [-0.3, -0.25) is 9.59 Å². The van der Waals surface area contributed by atoms with E-state index in [1.807, 2.05) is 0 Å². The van der Waals surface area contributed by atoms with Gasteiger partial charge in [-0.15, -0.1) is 0 Å². The second-order valence-corrected chi connectivity index (χ2v) is 5.76. The first-order valence-corrected chi connectivity index (χ1v) is 7.12. The Morgan fingerprint density at radius 2 is 2.35 bits per heavy atom. The molecule has 0 spiro atoms. The van der Waals surface area contributed by atoms with Crippen molar-refractivity contribution in [1.82, 2.24) is 15.2 Å². The summed E-state index contributed by atoms with van der Waals surface area (Å²) in [6.07, 6.45) is 0. The Morgan fingerprint density at radius 1 is 1.55 bits per heavy atom. The van der Waals surface area contributed by atoms with Crippen LogP contribution in [0.5, 0.6) is 0 Å². The number of fused-ring (bicyclic) bond motifs is 1. The van der Waals surface area contributed by atoms with Crippen molar-refractivity contribution in [2.24, 2.45) is 0 Å². The van der Waals surface area contributed by atoms with Crippen LogP contribution in [0.4, 0.5) is 5.13 Å². The molecule has 6 nitrogen and oxygen atoms in total. The van der Waals surface area contributed by atoms with Gasteiger partial charge in [-0.2, -0.15) is 0 Å². The molecule has 1 atom stereocenters. The first-order valence-electron chi connectivity index (χ1n) is 6.31. The van der Waals surface area contributed by atoms with Crippen molar-refractivity contribution in [3.8, 4) is 0 Å². The van der Waals surface area contributed by atoms with Crippen LogP contribution in [-0.4, -0.2) is 40.8 Å². The minimum Gasteiger partial charge on any atom is -0.375 e. The number of nitrogens with two attached hydrogens (primary N) is 1. The smallest absolute Gasteiger partial charge is 0.254 e. The van der Waals surface area contributed by atoms with Crippen molar-refractivity contribution in [2.75, 3.05) is 18.8 Å². The largest absolute Gasteiger partial charge is 0.375 e. The van der Waals surface area contributed by atoms with E-state index in [4.69, 9.17) is 5.73 Å². The number of nitrogens with zero attached hydrogens (tertiary/aromatic N) is 2. The maximum Gasteiger partial charge on any atom is 0.254 e. The highest BCUT2D eigenvalue weighted by atomic mass is 32.1. The van der Waals surface area contributed by atoms with Crippen molar-refractivity contribution >= 4 is 38.5 Å². The minimum atomic E-state index is -0.446. The lowest BCUT2D eigenvalue weighted by molar-refractivity contribution is -0.127. The van der Waals surface area contributed by atoms with Crippen LogP contribution in [0.1, 0.15) is 17.3 Å². The van der Waals surface area contributed by atoms with Crippen molar-refractivity contribution in [2.45, 2.75) is 13.0 Å². The summed E-state index contributed by atoms with van der Waals surface area (Å²) >= 11 is 1.35. The molecule has 3 N–H and O–H groups in total. The fraction of sp³-hybridized carbons (Fsp3) is 0.308. The number of hydrogen-bond acceptors (Lipinski definition) is 5. The predicted octanol–water partition coefficient (Wildman–Crippen LogP) is 0.839. The van der Waals surface area contributed by atoms with Crippen LogP contribution in [0.15, 0.2) is 18.2 Å². The van der Waals surface area contributed by atoms with Gasteiger partial charge in [-0.25, -0.2) is 4.98 Å². The Balaban J connectivity index is 1.93. The Morgan fingerprint density at radius 3 is 3.15 bits per heavy atom. The first-order chi connectivity index (χ1) is 9.56. The summed E-state index contributed by atoms with van der Waals surface area (Å²) in [6.45, 7) is 2.74. The molecule has 2 heterocycles. The van der Waals surface area contributed by atoms with Crippen LogP contribution in [0.3, 0.4) is 0 Å². The molecule has 0 bridgehead atoms. The second kappa shape index (κ2) is 4.75. The summed E-state index contributed by atoms with van der Waals surface area (Å²) in [7, 11) is 0. The lowest BCUT2D eigenvalue weighted by atomic mass is 10.1. The number of hydrogen-bond donors (Lipinski definition) is 2. The maximum atomic E-state index is 12.5. The number of benzene rings is 1. The van der Waals surface area contributed by atoms with Gasteiger partial charge in [-0.05, 0) is 25.1 Å². The Hall–Kier alpha value is -2.15. The minimum absolute atomic E-state index is 0.118.